The summed E-state index contributed by atoms with van der Waals surface area (Å²) in [6, 6.07) is 8.97. The van der Waals surface area contributed by atoms with Gasteiger partial charge in [-0.3, -0.25) is 9.88 Å². The summed E-state index contributed by atoms with van der Waals surface area (Å²) in [4.78, 5) is 9.02. The first kappa shape index (κ1) is 13.6. The van der Waals surface area contributed by atoms with Gasteiger partial charge in [0.1, 0.15) is 0 Å². The van der Waals surface area contributed by atoms with Gasteiger partial charge < -0.3 is 10.0 Å². The zero-order valence-corrected chi connectivity index (χ0v) is 12.0. The van der Waals surface area contributed by atoms with E-state index in [1.807, 2.05) is 18.2 Å². The van der Waals surface area contributed by atoms with E-state index < -0.39 is 0 Å². The second-order valence-electron chi connectivity index (χ2n) is 4.94. The molecule has 5 heteroatoms. The Morgan fingerprint density at radius 1 is 1.30 bits per heavy atom. The van der Waals surface area contributed by atoms with E-state index in [1.54, 1.807) is 6.20 Å². The highest BCUT2D eigenvalue weighted by molar-refractivity contribution is 6.35. The maximum atomic E-state index is 8.99. The summed E-state index contributed by atoms with van der Waals surface area (Å²) in [7, 11) is 0. The second kappa shape index (κ2) is 5.95. The van der Waals surface area contributed by atoms with E-state index in [0.29, 0.717) is 5.02 Å². The average molecular weight is 291 g/mol. The highest BCUT2D eigenvalue weighted by Gasteiger charge is 2.19. The predicted molar refractivity (Wildman–Crippen MR) is 81.3 cm³/mol. The Morgan fingerprint density at radius 3 is 2.85 bits per heavy atom. The van der Waals surface area contributed by atoms with Crippen LogP contribution in [0.4, 0.5) is 5.69 Å². The molecule has 3 rings (SSSR count). The molecule has 0 atom stereocenters. The third-order valence-corrected chi connectivity index (χ3v) is 4.04. The van der Waals surface area contributed by atoms with Crippen LogP contribution < -0.4 is 4.90 Å². The maximum absolute atomic E-state index is 8.99. The normalized spacial score (nSPS) is 16.8. The summed E-state index contributed by atoms with van der Waals surface area (Å²) in [5, 5.41) is 10.7. The number of fused-ring (bicyclic) bond motifs is 1. The molecule has 1 aliphatic heterocycles. The largest absolute Gasteiger partial charge is 0.395 e. The Hall–Kier alpha value is -1.36. The van der Waals surface area contributed by atoms with Crippen molar-refractivity contribution in [1.29, 1.82) is 0 Å². The lowest BCUT2D eigenvalue weighted by Gasteiger charge is -2.36. The zero-order chi connectivity index (χ0) is 13.9. The van der Waals surface area contributed by atoms with Crippen LogP contribution in [-0.4, -0.2) is 54.3 Å². The van der Waals surface area contributed by atoms with E-state index in [-0.39, 0.29) is 6.61 Å². The van der Waals surface area contributed by atoms with Gasteiger partial charge in [-0.15, -0.1) is 0 Å². The number of aromatic nitrogens is 1. The molecule has 2 heterocycles. The molecule has 0 spiro atoms. The van der Waals surface area contributed by atoms with Crippen molar-refractivity contribution in [2.45, 2.75) is 0 Å². The van der Waals surface area contributed by atoms with Crippen molar-refractivity contribution in [3.8, 4) is 0 Å². The summed E-state index contributed by atoms with van der Waals surface area (Å²) < 4.78 is 0. The Labute approximate surface area is 123 Å². The lowest BCUT2D eigenvalue weighted by atomic mass is 10.1. The molecule has 0 aliphatic carbocycles. The van der Waals surface area contributed by atoms with Gasteiger partial charge in [-0.05, 0) is 18.2 Å². The number of aliphatic hydroxyl groups is 1. The molecule has 0 amide bonds. The van der Waals surface area contributed by atoms with Gasteiger partial charge in [0.25, 0.3) is 0 Å². The van der Waals surface area contributed by atoms with Crippen LogP contribution in [0.25, 0.3) is 10.9 Å². The van der Waals surface area contributed by atoms with Gasteiger partial charge in [0.2, 0.25) is 0 Å². The highest BCUT2D eigenvalue weighted by atomic mass is 35.5. The smallest absolute Gasteiger partial charge is 0.0956 e. The fraction of sp³-hybridized carbons (Fsp3) is 0.400. The standard InChI is InChI=1S/C15H17ClN3O/c16-13-3-4-14(15-12(13)2-1-5-17-15)19-8-6-18(7-9-19)10-11-20/h1-3,5,20H,6-11H2. The van der Waals surface area contributed by atoms with Crippen LogP contribution in [0.2, 0.25) is 5.02 Å². The van der Waals surface area contributed by atoms with Crippen LogP contribution >= 0.6 is 11.6 Å². The minimum Gasteiger partial charge on any atom is -0.395 e. The van der Waals surface area contributed by atoms with E-state index in [9.17, 15) is 0 Å². The molecule has 1 aromatic heterocycles. The van der Waals surface area contributed by atoms with Crippen molar-refractivity contribution in [3.05, 3.63) is 35.5 Å². The van der Waals surface area contributed by atoms with Gasteiger partial charge in [-0.2, -0.15) is 0 Å². The number of piperazine rings is 1. The monoisotopic (exact) mass is 290 g/mol. The van der Waals surface area contributed by atoms with Crippen molar-refractivity contribution in [1.82, 2.24) is 9.88 Å². The molecule has 0 bridgehead atoms. The number of hydrogen-bond acceptors (Lipinski definition) is 4. The Bertz CT molecular complexity index is 597. The molecule has 20 heavy (non-hydrogen) atoms. The molecule has 0 saturated carbocycles. The van der Waals surface area contributed by atoms with Crippen LogP contribution in [0.15, 0.2) is 24.4 Å². The minimum absolute atomic E-state index is 0.220. The van der Waals surface area contributed by atoms with E-state index in [4.69, 9.17) is 16.7 Å². The predicted octanol–water partition coefficient (Wildman–Crippen LogP) is 1.80. The van der Waals surface area contributed by atoms with Crippen LogP contribution in [0.5, 0.6) is 0 Å². The summed E-state index contributed by atoms with van der Waals surface area (Å²) in [6.07, 6.45) is 1.79. The number of hydrogen-bond donors (Lipinski definition) is 1. The summed E-state index contributed by atoms with van der Waals surface area (Å²) in [5.74, 6) is 0. The molecule has 2 aromatic rings. The summed E-state index contributed by atoms with van der Waals surface area (Å²) in [5.41, 5.74) is 1.93. The van der Waals surface area contributed by atoms with Gasteiger partial charge in [0.15, 0.2) is 0 Å². The van der Waals surface area contributed by atoms with Crippen LogP contribution in [0.1, 0.15) is 0 Å². The van der Waals surface area contributed by atoms with E-state index in [1.165, 1.54) is 0 Å². The van der Waals surface area contributed by atoms with E-state index >= 15 is 0 Å². The quantitative estimate of drug-likeness (QED) is 0.936. The van der Waals surface area contributed by atoms with Gasteiger partial charge in [0, 0.05) is 50.4 Å². The number of halogens is 1. The molecule has 1 N–H and O–H groups in total. The lowest BCUT2D eigenvalue weighted by molar-refractivity contribution is 0.189. The van der Waals surface area contributed by atoms with Gasteiger partial charge in [-0.1, -0.05) is 11.6 Å². The fourth-order valence-corrected chi connectivity index (χ4v) is 2.85. The van der Waals surface area contributed by atoms with Crippen molar-refractivity contribution in [2.24, 2.45) is 0 Å². The first-order valence-electron chi connectivity index (χ1n) is 6.82. The first-order chi connectivity index (χ1) is 9.79. The molecular formula is C15H17ClN3O. The third kappa shape index (κ3) is 2.59. The topological polar surface area (TPSA) is 39.6 Å². The van der Waals surface area contributed by atoms with Crippen LogP contribution in [-0.2, 0) is 0 Å². The summed E-state index contributed by atoms with van der Waals surface area (Å²) in [6.45, 7) is 4.71. The molecule has 1 saturated heterocycles. The highest BCUT2D eigenvalue weighted by Crippen LogP contribution is 2.30. The Morgan fingerprint density at radius 2 is 2.10 bits per heavy atom. The zero-order valence-electron chi connectivity index (χ0n) is 11.2. The molecule has 1 aliphatic rings. The molecular weight excluding hydrogens is 274 g/mol. The molecule has 1 aromatic carbocycles. The third-order valence-electron chi connectivity index (χ3n) is 3.73. The molecule has 1 radical (unpaired) electrons. The Kier molecular flexibility index (Phi) is 4.05. The van der Waals surface area contributed by atoms with Gasteiger partial charge >= 0.3 is 0 Å². The van der Waals surface area contributed by atoms with Crippen molar-refractivity contribution in [3.63, 3.8) is 0 Å². The fourth-order valence-electron chi connectivity index (χ4n) is 2.64. The lowest BCUT2D eigenvalue weighted by Crippen LogP contribution is -2.47. The van der Waals surface area contributed by atoms with Crippen molar-refractivity contribution < 1.29 is 5.11 Å². The van der Waals surface area contributed by atoms with Crippen molar-refractivity contribution >= 4 is 28.2 Å². The van der Waals surface area contributed by atoms with Crippen LogP contribution in [0.3, 0.4) is 0 Å². The first-order valence-corrected chi connectivity index (χ1v) is 7.20. The van der Waals surface area contributed by atoms with Crippen LogP contribution in [0, 0.1) is 6.07 Å². The number of β-amino-alcohol motifs (C(OH)–C–C–N with tert-alkyl or cyclic N) is 1. The Balaban J connectivity index is 1.87. The SMILES string of the molecule is OCCN1CCN(c2[c]cc(Cl)c3cccnc23)CC1. The summed E-state index contributed by atoms with van der Waals surface area (Å²) >= 11 is 6.21. The van der Waals surface area contributed by atoms with E-state index in [0.717, 1.165) is 49.3 Å². The maximum Gasteiger partial charge on any atom is 0.0956 e. The average Bonchev–Trinajstić information content (AvgIpc) is 2.49. The number of anilines is 1. The number of aliphatic hydroxyl groups excluding tert-OH is 1. The molecule has 105 valence electrons. The van der Waals surface area contributed by atoms with Gasteiger partial charge in [0.05, 0.1) is 22.8 Å². The minimum atomic E-state index is 0.220. The molecule has 1 fully saturated rings. The van der Waals surface area contributed by atoms with Crippen molar-refractivity contribution in [2.75, 3.05) is 44.2 Å². The van der Waals surface area contributed by atoms with Gasteiger partial charge in [-0.25, -0.2) is 0 Å². The molecule has 0 unspecified atom stereocenters. The number of nitrogens with zero attached hydrogens (tertiary/aromatic N) is 3. The number of rotatable bonds is 3. The number of benzene rings is 1. The second-order valence-corrected chi connectivity index (χ2v) is 5.34. The molecule has 4 nitrogen and oxygen atoms in total. The van der Waals surface area contributed by atoms with E-state index in [2.05, 4.69) is 20.9 Å². The number of pyridine rings is 1.